The van der Waals surface area contributed by atoms with E-state index < -0.39 is 0 Å². The van der Waals surface area contributed by atoms with Crippen molar-refractivity contribution >= 4 is 27.7 Å². The normalized spacial score (nSPS) is 10.4. The van der Waals surface area contributed by atoms with E-state index in [9.17, 15) is 0 Å². The molecule has 0 atom stereocenters. The summed E-state index contributed by atoms with van der Waals surface area (Å²) in [5, 5.41) is 0. The Bertz CT molecular complexity index is 433. The molecular formula is C8H6BrN3. The van der Waals surface area contributed by atoms with Gasteiger partial charge in [-0.15, -0.1) is 0 Å². The third kappa shape index (κ3) is 1.04. The van der Waals surface area contributed by atoms with Crippen LogP contribution in [0, 0.1) is 0 Å². The highest BCUT2D eigenvalue weighted by Gasteiger charge is 1.99. The summed E-state index contributed by atoms with van der Waals surface area (Å²) >= 11 is 3.29. The zero-order valence-corrected chi connectivity index (χ0v) is 7.82. The van der Waals surface area contributed by atoms with Gasteiger partial charge in [0.05, 0.1) is 18.1 Å². The summed E-state index contributed by atoms with van der Waals surface area (Å²) in [4.78, 5) is 8.19. The van der Waals surface area contributed by atoms with Crippen LogP contribution >= 0.6 is 15.9 Å². The largest absolute Gasteiger partial charge is 0.296 e. The van der Waals surface area contributed by atoms with Gasteiger partial charge in [0, 0.05) is 6.20 Å². The second-order valence-corrected chi connectivity index (χ2v) is 3.14. The molecule has 0 N–H and O–H groups in total. The van der Waals surface area contributed by atoms with Crippen molar-refractivity contribution < 1.29 is 0 Å². The van der Waals surface area contributed by atoms with Crippen molar-refractivity contribution in [2.75, 3.05) is 0 Å². The van der Waals surface area contributed by atoms with Crippen LogP contribution in [0.5, 0.6) is 0 Å². The van der Waals surface area contributed by atoms with E-state index in [0.717, 1.165) is 15.9 Å². The SMILES string of the molecule is C=Cc1cnc2cnc(Br)cn12. The fraction of sp³-hybridized carbons (Fsp3) is 0. The Morgan fingerprint density at radius 2 is 2.25 bits per heavy atom. The van der Waals surface area contributed by atoms with E-state index in [2.05, 4.69) is 32.5 Å². The summed E-state index contributed by atoms with van der Waals surface area (Å²) in [5.41, 5.74) is 1.79. The van der Waals surface area contributed by atoms with Gasteiger partial charge < -0.3 is 0 Å². The maximum Gasteiger partial charge on any atom is 0.155 e. The van der Waals surface area contributed by atoms with Crippen LogP contribution in [0.1, 0.15) is 5.69 Å². The maximum absolute atomic E-state index is 4.14. The fourth-order valence-corrected chi connectivity index (χ4v) is 1.34. The molecule has 0 amide bonds. The van der Waals surface area contributed by atoms with E-state index in [1.54, 1.807) is 18.5 Å². The first-order valence-electron chi connectivity index (χ1n) is 3.42. The Hall–Kier alpha value is -1.16. The van der Waals surface area contributed by atoms with Crippen molar-refractivity contribution in [3.8, 4) is 0 Å². The van der Waals surface area contributed by atoms with Gasteiger partial charge in [-0.3, -0.25) is 4.40 Å². The number of nitrogens with zero attached hydrogens (tertiary/aromatic N) is 3. The molecule has 0 radical (unpaired) electrons. The van der Waals surface area contributed by atoms with Crippen molar-refractivity contribution in [1.29, 1.82) is 0 Å². The standard InChI is InChI=1S/C8H6BrN3/c1-2-6-3-11-8-4-10-7(9)5-12(6)8/h2-5H,1H2. The molecule has 0 aliphatic heterocycles. The van der Waals surface area contributed by atoms with Gasteiger partial charge in [-0.05, 0) is 22.0 Å². The Morgan fingerprint density at radius 3 is 3.00 bits per heavy atom. The lowest BCUT2D eigenvalue weighted by atomic mass is 10.5. The number of imidazole rings is 1. The molecule has 2 aromatic rings. The zero-order valence-electron chi connectivity index (χ0n) is 6.24. The van der Waals surface area contributed by atoms with Crippen LogP contribution in [0.25, 0.3) is 11.7 Å². The predicted octanol–water partition coefficient (Wildman–Crippen LogP) is 2.13. The molecule has 4 heteroatoms. The lowest BCUT2D eigenvalue weighted by Gasteiger charge is -1.95. The highest BCUT2D eigenvalue weighted by atomic mass is 79.9. The van der Waals surface area contributed by atoms with Crippen LogP contribution < -0.4 is 0 Å². The van der Waals surface area contributed by atoms with Crippen molar-refractivity contribution in [3.63, 3.8) is 0 Å². The number of fused-ring (bicyclic) bond motifs is 1. The Kier molecular flexibility index (Phi) is 1.69. The van der Waals surface area contributed by atoms with Gasteiger partial charge in [0.1, 0.15) is 4.60 Å². The van der Waals surface area contributed by atoms with Gasteiger partial charge in [0.25, 0.3) is 0 Å². The summed E-state index contributed by atoms with van der Waals surface area (Å²) in [7, 11) is 0. The number of aromatic nitrogens is 3. The molecule has 0 aliphatic carbocycles. The average Bonchev–Trinajstić information content (AvgIpc) is 2.46. The first-order valence-corrected chi connectivity index (χ1v) is 4.21. The molecular weight excluding hydrogens is 218 g/mol. The quantitative estimate of drug-likeness (QED) is 0.742. The molecule has 12 heavy (non-hydrogen) atoms. The minimum atomic E-state index is 0.788. The van der Waals surface area contributed by atoms with Crippen LogP contribution in [0.3, 0.4) is 0 Å². The third-order valence-electron chi connectivity index (χ3n) is 1.60. The molecule has 0 aliphatic rings. The molecule has 0 spiro atoms. The minimum Gasteiger partial charge on any atom is -0.296 e. The van der Waals surface area contributed by atoms with Crippen LogP contribution in [0.4, 0.5) is 0 Å². The van der Waals surface area contributed by atoms with E-state index in [1.807, 2.05) is 10.6 Å². The van der Waals surface area contributed by atoms with E-state index in [1.165, 1.54) is 0 Å². The van der Waals surface area contributed by atoms with Crippen molar-refractivity contribution in [2.45, 2.75) is 0 Å². The smallest absolute Gasteiger partial charge is 0.155 e. The van der Waals surface area contributed by atoms with Crippen LogP contribution in [-0.2, 0) is 0 Å². The molecule has 3 nitrogen and oxygen atoms in total. The third-order valence-corrected chi connectivity index (χ3v) is 2.01. The summed E-state index contributed by atoms with van der Waals surface area (Å²) in [6.07, 6.45) is 7.08. The summed E-state index contributed by atoms with van der Waals surface area (Å²) < 4.78 is 2.71. The maximum atomic E-state index is 4.14. The van der Waals surface area contributed by atoms with Crippen LogP contribution in [0.2, 0.25) is 0 Å². The Balaban J connectivity index is 2.83. The number of hydrogen-bond donors (Lipinski definition) is 0. The number of hydrogen-bond acceptors (Lipinski definition) is 2. The van der Waals surface area contributed by atoms with E-state index in [-0.39, 0.29) is 0 Å². The topological polar surface area (TPSA) is 30.2 Å². The van der Waals surface area contributed by atoms with E-state index in [0.29, 0.717) is 0 Å². The lowest BCUT2D eigenvalue weighted by molar-refractivity contribution is 1.09. The number of halogens is 1. The second-order valence-electron chi connectivity index (χ2n) is 2.33. The first-order chi connectivity index (χ1) is 5.81. The summed E-state index contributed by atoms with van der Waals surface area (Å²) in [6.45, 7) is 3.69. The van der Waals surface area contributed by atoms with Crippen molar-refractivity contribution in [3.05, 3.63) is 35.5 Å². The van der Waals surface area contributed by atoms with E-state index in [4.69, 9.17) is 0 Å². The predicted molar refractivity (Wildman–Crippen MR) is 50.8 cm³/mol. The second kappa shape index (κ2) is 2.71. The lowest BCUT2D eigenvalue weighted by Crippen LogP contribution is -1.88. The Labute approximate surface area is 77.9 Å². The molecule has 2 heterocycles. The molecule has 0 saturated carbocycles. The average molecular weight is 224 g/mol. The molecule has 0 unspecified atom stereocenters. The fourth-order valence-electron chi connectivity index (χ4n) is 1.04. The van der Waals surface area contributed by atoms with E-state index >= 15 is 0 Å². The monoisotopic (exact) mass is 223 g/mol. The summed E-state index contributed by atoms with van der Waals surface area (Å²) in [5.74, 6) is 0. The molecule has 0 aromatic carbocycles. The Morgan fingerprint density at radius 1 is 1.42 bits per heavy atom. The molecule has 2 aromatic heterocycles. The van der Waals surface area contributed by atoms with Crippen LogP contribution in [-0.4, -0.2) is 14.4 Å². The molecule has 0 saturated heterocycles. The van der Waals surface area contributed by atoms with Gasteiger partial charge >= 0.3 is 0 Å². The minimum absolute atomic E-state index is 0.788. The molecule has 0 bridgehead atoms. The van der Waals surface area contributed by atoms with Gasteiger partial charge in [-0.2, -0.15) is 0 Å². The molecule has 60 valence electrons. The van der Waals surface area contributed by atoms with Gasteiger partial charge in [0.15, 0.2) is 5.65 Å². The van der Waals surface area contributed by atoms with Crippen LogP contribution in [0.15, 0.2) is 29.8 Å². The summed E-state index contributed by atoms with van der Waals surface area (Å²) in [6, 6.07) is 0. The first kappa shape index (κ1) is 7.49. The molecule has 2 rings (SSSR count). The molecule has 0 fully saturated rings. The zero-order chi connectivity index (χ0) is 8.55. The number of rotatable bonds is 1. The van der Waals surface area contributed by atoms with Gasteiger partial charge in [0.2, 0.25) is 0 Å². The van der Waals surface area contributed by atoms with Crippen molar-refractivity contribution in [1.82, 2.24) is 14.4 Å². The van der Waals surface area contributed by atoms with Crippen molar-refractivity contribution in [2.24, 2.45) is 0 Å². The van der Waals surface area contributed by atoms with Gasteiger partial charge in [-0.25, -0.2) is 9.97 Å². The highest BCUT2D eigenvalue weighted by molar-refractivity contribution is 9.10. The van der Waals surface area contributed by atoms with Gasteiger partial charge in [-0.1, -0.05) is 6.58 Å². The highest BCUT2D eigenvalue weighted by Crippen LogP contribution is 2.10.